The molecule has 1 heterocycles. The number of hydrogen-bond acceptors (Lipinski definition) is 6. The summed E-state index contributed by atoms with van der Waals surface area (Å²) in [5.41, 5.74) is 4.86. The molecule has 0 radical (unpaired) electrons. The van der Waals surface area contributed by atoms with E-state index in [9.17, 15) is 4.79 Å². The predicted molar refractivity (Wildman–Crippen MR) is 142 cm³/mol. The van der Waals surface area contributed by atoms with Crippen LogP contribution < -0.4 is 20.3 Å². The van der Waals surface area contributed by atoms with Gasteiger partial charge in [0.2, 0.25) is 0 Å². The van der Waals surface area contributed by atoms with Crippen LogP contribution in [0, 0.1) is 6.92 Å². The number of nitrogens with one attached hydrogen (secondary N) is 3. The first-order chi connectivity index (χ1) is 16.9. The predicted octanol–water partition coefficient (Wildman–Crippen LogP) is 5.54. The van der Waals surface area contributed by atoms with Crippen LogP contribution in [0.25, 0.3) is 0 Å². The summed E-state index contributed by atoms with van der Waals surface area (Å²) < 4.78 is 5.22. The number of ether oxygens (including phenoxy) is 1. The van der Waals surface area contributed by atoms with Gasteiger partial charge in [-0.25, -0.2) is 4.99 Å². The van der Waals surface area contributed by atoms with Gasteiger partial charge in [-0.05, 0) is 61.0 Å². The van der Waals surface area contributed by atoms with Gasteiger partial charge in [0.05, 0.1) is 7.11 Å². The van der Waals surface area contributed by atoms with E-state index in [0.29, 0.717) is 17.1 Å². The number of benzene rings is 3. The largest absolute Gasteiger partial charge is 0.497 e. The summed E-state index contributed by atoms with van der Waals surface area (Å²) in [5.74, 6) is 1.13. The summed E-state index contributed by atoms with van der Waals surface area (Å²) in [4.78, 5) is 19.9. The quantitative estimate of drug-likeness (QED) is 0.295. The lowest BCUT2D eigenvalue weighted by Crippen LogP contribution is -2.13. The molecule has 35 heavy (non-hydrogen) atoms. The maximum Gasteiger partial charge on any atom is 0.263 e. The Balaban J connectivity index is 1.64. The van der Waals surface area contributed by atoms with Crippen molar-refractivity contribution in [2.45, 2.75) is 6.92 Å². The second kappa shape index (κ2) is 10.6. The van der Waals surface area contributed by atoms with Gasteiger partial charge in [-0.1, -0.05) is 29.8 Å². The van der Waals surface area contributed by atoms with Gasteiger partial charge in [0.1, 0.15) is 17.1 Å². The van der Waals surface area contributed by atoms with E-state index >= 15 is 0 Å². The van der Waals surface area contributed by atoms with E-state index in [0.717, 1.165) is 28.3 Å². The second-order valence-corrected chi connectivity index (χ2v) is 8.22. The lowest BCUT2D eigenvalue weighted by atomic mass is 10.2. The number of H-pyrrole nitrogens is 1. The van der Waals surface area contributed by atoms with E-state index in [2.05, 4.69) is 25.8 Å². The molecule has 3 aromatic carbocycles. The number of amides is 1. The summed E-state index contributed by atoms with van der Waals surface area (Å²) in [5, 5.41) is 13.4. The van der Waals surface area contributed by atoms with Crippen molar-refractivity contribution in [2.24, 2.45) is 4.99 Å². The lowest BCUT2D eigenvalue weighted by molar-refractivity contribution is 0.102. The van der Waals surface area contributed by atoms with Crippen molar-refractivity contribution in [3.8, 4) is 5.75 Å². The molecule has 178 valence electrons. The molecular weight excluding hydrogens is 440 g/mol. The number of methoxy groups -OCH3 is 1. The number of aliphatic imine (C=N–C) groups is 1. The molecule has 1 aromatic heterocycles. The molecule has 0 saturated heterocycles. The molecule has 3 N–H and O–H groups in total. The molecular formula is C27H28N6O2. The first-order valence-corrected chi connectivity index (χ1v) is 11.1. The van der Waals surface area contributed by atoms with Gasteiger partial charge in [-0.3, -0.25) is 9.89 Å². The first-order valence-electron chi connectivity index (χ1n) is 11.1. The van der Waals surface area contributed by atoms with Crippen LogP contribution in [-0.2, 0) is 0 Å². The highest BCUT2D eigenvalue weighted by molar-refractivity contribution is 6.11. The molecule has 0 bridgehead atoms. The Kier molecular flexibility index (Phi) is 7.11. The zero-order valence-corrected chi connectivity index (χ0v) is 20.2. The molecule has 0 spiro atoms. The number of aryl methyl sites for hydroxylation is 1. The van der Waals surface area contributed by atoms with Crippen molar-refractivity contribution in [3.05, 3.63) is 89.5 Å². The summed E-state index contributed by atoms with van der Waals surface area (Å²) >= 11 is 0. The first kappa shape index (κ1) is 23.6. The van der Waals surface area contributed by atoms with E-state index in [4.69, 9.17) is 4.74 Å². The van der Waals surface area contributed by atoms with E-state index in [-0.39, 0.29) is 11.7 Å². The van der Waals surface area contributed by atoms with Gasteiger partial charge in [-0.2, -0.15) is 5.10 Å². The monoisotopic (exact) mass is 468 g/mol. The Bertz CT molecular complexity index is 1310. The molecule has 0 fully saturated rings. The Labute approximate surface area is 204 Å². The SMILES string of the molecule is COc1ccc(Nc2[nH]nc(N=Cc3ccc(N(C)C)cc3)c2C(=O)Nc2ccc(C)cc2)cc1. The number of carbonyl (C=O) groups is 1. The van der Waals surface area contributed by atoms with E-state index in [1.807, 2.05) is 98.7 Å². The summed E-state index contributed by atoms with van der Waals surface area (Å²) in [6.45, 7) is 2.00. The van der Waals surface area contributed by atoms with Crippen LogP contribution in [0.3, 0.4) is 0 Å². The minimum atomic E-state index is -0.325. The third kappa shape index (κ3) is 5.86. The van der Waals surface area contributed by atoms with E-state index in [1.165, 1.54) is 0 Å². The smallest absolute Gasteiger partial charge is 0.263 e. The number of carbonyl (C=O) groups excluding carboxylic acids is 1. The number of aromatic amines is 1. The number of nitrogens with zero attached hydrogens (tertiary/aromatic N) is 3. The van der Waals surface area contributed by atoms with Crippen LogP contribution in [0.15, 0.2) is 77.8 Å². The Morgan fingerprint density at radius 1 is 0.971 bits per heavy atom. The zero-order chi connectivity index (χ0) is 24.8. The maximum absolute atomic E-state index is 13.3. The Hall–Kier alpha value is -4.59. The second-order valence-electron chi connectivity index (χ2n) is 8.22. The molecule has 0 aliphatic heterocycles. The van der Waals surface area contributed by atoms with Gasteiger partial charge >= 0.3 is 0 Å². The number of anilines is 4. The fourth-order valence-electron chi connectivity index (χ4n) is 3.37. The molecule has 0 aliphatic carbocycles. The van der Waals surface area contributed by atoms with Crippen molar-refractivity contribution in [3.63, 3.8) is 0 Å². The van der Waals surface area contributed by atoms with Crippen LogP contribution in [0.1, 0.15) is 21.5 Å². The topological polar surface area (TPSA) is 94.6 Å². The van der Waals surface area contributed by atoms with Crippen LogP contribution in [0.4, 0.5) is 28.7 Å². The van der Waals surface area contributed by atoms with Gasteiger partial charge in [-0.15, -0.1) is 0 Å². The molecule has 8 heteroatoms. The normalized spacial score (nSPS) is 10.9. The number of aromatic nitrogens is 2. The van der Waals surface area contributed by atoms with Crippen LogP contribution in [0.2, 0.25) is 0 Å². The van der Waals surface area contributed by atoms with Gasteiger partial charge < -0.3 is 20.3 Å². The average molecular weight is 469 g/mol. The maximum atomic E-state index is 13.3. The van der Waals surface area contributed by atoms with Crippen LogP contribution in [0.5, 0.6) is 5.75 Å². The number of hydrogen-bond donors (Lipinski definition) is 3. The van der Waals surface area contributed by atoms with Gasteiger partial charge in [0, 0.05) is 37.4 Å². The Morgan fingerprint density at radius 2 is 1.63 bits per heavy atom. The van der Waals surface area contributed by atoms with Crippen molar-refractivity contribution in [1.29, 1.82) is 0 Å². The molecule has 0 unspecified atom stereocenters. The highest BCUT2D eigenvalue weighted by atomic mass is 16.5. The fourth-order valence-corrected chi connectivity index (χ4v) is 3.37. The molecule has 0 atom stereocenters. The third-order valence-electron chi connectivity index (χ3n) is 5.39. The van der Waals surface area contributed by atoms with Crippen LogP contribution >= 0.6 is 0 Å². The minimum absolute atomic E-state index is 0.280. The summed E-state index contributed by atoms with van der Waals surface area (Å²) in [6.07, 6.45) is 1.69. The standard InChI is InChI=1S/C27H28N6O2/c1-18-5-9-21(10-6-18)30-27(34)24-25(28-17-19-7-13-22(14-8-19)33(2)3)31-32-26(24)29-20-11-15-23(35-4)16-12-20/h5-17H,1-4H3,(H,30,34)(H2,29,31,32). The molecule has 4 rings (SSSR count). The third-order valence-corrected chi connectivity index (χ3v) is 5.39. The molecule has 8 nitrogen and oxygen atoms in total. The van der Waals surface area contributed by atoms with Crippen molar-refractivity contribution >= 4 is 40.8 Å². The van der Waals surface area contributed by atoms with Crippen molar-refractivity contribution < 1.29 is 9.53 Å². The fraction of sp³-hybridized carbons (Fsp3) is 0.148. The molecule has 4 aromatic rings. The Morgan fingerprint density at radius 3 is 2.26 bits per heavy atom. The lowest BCUT2D eigenvalue weighted by Gasteiger charge is -2.11. The summed E-state index contributed by atoms with van der Waals surface area (Å²) in [6, 6.07) is 22.9. The van der Waals surface area contributed by atoms with Crippen molar-refractivity contribution in [2.75, 3.05) is 36.7 Å². The van der Waals surface area contributed by atoms with Crippen LogP contribution in [-0.4, -0.2) is 43.5 Å². The van der Waals surface area contributed by atoms with E-state index in [1.54, 1.807) is 13.3 Å². The average Bonchev–Trinajstić information content (AvgIpc) is 3.27. The van der Waals surface area contributed by atoms with Gasteiger partial charge in [0.15, 0.2) is 5.82 Å². The minimum Gasteiger partial charge on any atom is -0.497 e. The number of rotatable bonds is 8. The zero-order valence-electron chi connectivity index (χ0n) is 20.2. The molecule has 0 aliphatic rings. The van der Waals surface area contributed by atoms with Crippen molar-refractivity contribution in [1.82, 2.24) is 10.2 Å². The molecule has 1 amide bonds. The highest BCUT2D eigenvalue weighted by Crippen LogP contribution is 2.28. The van der Waals surface area contributed by atoms with Gasteiger partial charge in [0.25, 0.3) is 5.91 Å². The highest BCUT2D eigenvalue weighted by Gasteiger charge is 2.21. The summed E-state index contributed by atoms with van der Waals surface area (Å²) in [7, 11) is 5.59. The van der Waals surface area contributed by atoms with E-state index < -0.39 is 0 Å². The molecule has 0 saturated carbocycles.